The highest BCUT2D eigenvalue weighted by Gasteiger charge is 2.35. The predicted molar refractivity (Wildman–Crippen MR) is 44.6 cm³/mol. The van der Waals surface area contributed by atoms with E-state index in [-0.39, 0.29) is 12.4 Å². The van der Waals surface area contributed by atoms with Gasteiger partial charge in [-0.3, -0.25) is 4.79 Å². The van der Waals surface area contributed by atoms with Crippen LogP contribution in [0.4, 0.5) is 22.0 Å². The minimum Gasteiger partial charge on any atom is -0.296 e. The van der Waals surface area contributed by atoms with Crippen molar-refractivity contribution in [2.45, 2.75) is 12.6 Å². The molecule has 16 heavy (non-hydrogen) atoms. The molecule has 0 bridgehead atoms. The molecule has 0 atom stereocenters. The highest BCUT2D eigenvalue weighted by atomic mass is 35.5. The minimum atomic E-state index is -4.85. The number of hydrogen-bond acceptors (Lipinski definition) is 2. The third kappa shape index (κ3) is 2.46. The summed E-state index contributed by atoms with van der Waals surface area (Å²) in [6, 6.07) is 0.260. The molecule has 0 N–H and O–H groups in total. The zero-order chi connectivity index (χ0) is 12.5. The summed E-state index contributed by atoms with van der Waals surface area (Å²) in [6.07, 6.45) is -8.20. The molecular formula is C8H3ClF5NO. The Kier molecular flexibility index (Phi) is 3.47. The van der Waals surface area contributed by atoms with Crippen molar-refractivity contribution >= 4 is 17.9 Å². The van der Waals surface area contributed by atoms with E-state index in [1.165, 1.54) is 0 Å². The van der Waals surface area contributed by atoms with E-state index in [9.17, 15) is 26.7 Å². The molecule has 0 aliphatic heterocycles. The molecule has 88 valence electrons. The molecule has 2 nitrogen and oxygen atoms in total. The van der Waals surface area contributed by atoms with Gasteiger partial charge in [-0.05, 0) is 6.07 Å². The van der Waals surface area contributed by atoms with Gasteiger partial charge in [0.2, 0.25) is 0 Å². The first kappa shape index (κ1) is 12.8. The van der Waals surface area contributed by atoms with Gasteiger partial charge in [0, 0.05) is 0 Å². The second-order valence-corrected chi connectivity index (χ2v) is 3.11. The van der Waals surface area contributed by atoms with Crippen LogP contribution in [0.3, 0.4) is 0 Å². The Morgan fingerprint density at radius 2 is 1.94 bits per heavy atom. The van der Waals surface area contributed by atoms with E-state index in [0.717, 1.165) is 0 Å². The lowest BCUT2D eigenvalue weighted by Crippen LogP contribution is -2.11. The van der Waals surface area contributed by atoms with Crippen LogP contribution in [0.2, 0.25) is 5.02 Å². The average molecular weight is 260 g/mol. The zero-order valence-corrected chi connectivity index (χ0v) is 8.11. The van der Waals surface area contributed by atoms with Gasteiger partial charge in [0.25, 0.3) is 6.43 Å². The largest absolute Gasteiger partial charge is 0.433 e. The molecule has 0 saturated heterocycles. The Balaban J connectivity index is 3.44. The number of aromatic nitrogens is 1. The third-order valence-corrected chi connectivity index (χ3v) is 1.97. The normalized spacial score (nSPS) is 11.9. The van der Waals surface area contributed by atoms with E-state index in [1.54, 1.807) is 0 Å². The van der Waals surface area contributed by atoms with Crippen LogP contribution < -0.4 is 0 Å². The minimum absolute atomic E-state index is 0.192. The van der Waals surface area contributed by atoms with Gasteiger partial charge in [-0.25, -0.2) is 13.8 Å². The standard InChI is InChI=1S/C8H3ClF5NO/c9-3-1-5(8(12,13)14)15-4(2-16)6(3)7(10)11/h1-2,7H. The van der Waals surface area contributed by atoms with Crippen LogP contribution in [0.15, 0.2) is 6.07 Å². The maximum atomic E-state index is 12.3. The summed E-state index contributed by atoms with van der Waals surface area (Å²) in [7, 11) is 0. The third-order valence-electron chi connectivity index (χ3n) is 1.66. The molecular weight excluding hydrogens is 257 g/mol. The second-order valence-electron chi connectivity index (χ2n) is 2.70. The molecule has 1 rings (SSSR count). The van der Waals surface area contributed by atoms with Gasteiger partial charge in [-0.15, -0.1) is 0 Å². The quantitative estimate of drug-likeness (QED) is 0.601. The number of carbonyl (C=O) groups is 1. The van der Waals surface area contributed by atoms with Crippen LogP contribution in [0.5, 0.6) is 0 Å². The smallest absolute Gasteiger partial charge is 0.296 e. The Hall–Kier alpha value is -1.24. The number of hydrogen-bond donors (Lipinski definition) is 0. The van der Waals surface area contributed by atoms with E-state index in [2.05, 4.69) is 4.98 Å². The average Bonchev–Trinajstić information content (AvgIpc) is 2.14. The number of pyridine rings is 1. The lowest BCUT2D eigenvalue weighted by Gasteiger charge is -2.10. The molecule has 0 aromatic carbocycles. The van der Waals surface area contributed by atoms with Crippen LogP contribution in [0.25, 0.3) is 0 Å². The molecule has 0 aliphatic rings. The summed E-state index contributed by atoms with van der Waals surface area (Å²) in [6.45, 7) is 0. The maximum absolute atomic E-state index is 12.3. The number of rotatable bonds is 2. The fraction of sp³-hybridized carbons (Fsp3) is 0.250. The van der Waals surface area contributed by atoms with Crippen molar-refractivity contribution in [3.05, 3.63) is 28.0 Å². The summed E-state index contributed by atoms with van der Waals surface area (Å²) < 4.78 is 61.3. The summed E-state index contributed by atoms with van der Waals surface area (Å²) in [4.78, 5) is 13.1. The summed E-state index contributed by atoms with van der Waals surface area (Å²) >= 11 is 5.24. The van der Waals surface area contributed by atoms with E-state index in [1.807, 2.05) is 0 Å². The first-order valence-electron chi connectivity index (χ1n) is 3.78. The molecule has 8 heteroatoms. The van der Waals surface area contributed by atoms with E-state index >= 15 is 0 Å². The fourth-order valence-corrected chi connectivity index (χ4v) is 1.28. The van der Waals surface area contributed by atoms with Crippen molar-refractivity contribution in [3.63, 3.8) is 0 Å². The number of halogens is 6. The topological polar surface area (TPSA) is 30.0 Å². The van der Waals surface area contributed by atoms with Crippen LogP contribution in [-0.2, 0) is 6.18 Å². The first-order valence-corrected chi connectivity index (χ1v) is 4.16. The van der Waals surface area contributed by atoms with Crippen molar-refractivity contribution in [2.75, 3.05) is 0 Å². The molecule has 1 heterocycles. The molecule has 1 aromatic heterocycles. The molecule has 0 unspecified atom stereocenters. The van der Waals surface area contributed by atoms with Gasteiger partial charge in [-0.1, -0.05) is 11.6 Å². The second kappa shape index (κ2) is 4.32. The highest BCUT2D eigenvalue weighted by Crippen LogP contribution is 2.34. The predicted octanol–water partition coefficient (Wildman–Crippen LogP) is 3.50. The SMILES string of the molecule is O=Cc1nc(C(F)(F)F)cc(Cl)c1C(F)F. The molecule has 0 saturated carbocycles. The molecule has 0 fully saturated rings. The number of nitrogens with zero attached hydrogens (tertiary/aromatic N) is 1. The van der Waals surface area contributed by atoms with Crippen molar-refractivity contribution in [3.8, 4) is 0 Å². The van der Waals surface area contributed by atoms with Gasteiger partial charge in [0.05, 0.1) is 10.6 Å². The molecule has 0 radical (unpaired) electrons. The lowest BCUT2D eigenvalue weighted by atomic mass is 10.2. The van der Waals surface area contributed by atoms with Crippen molar-refractivity contribution in [1.82, 2.24) is 4.98 Å². The number of alkyl halides is 5. The van der Waals surface area contributed by atoms with E-state index in [4.69, 9.17) is 11.6 Å². The maximum Gasteiger partial charge on any atom is 0.433 e. The van der Waals surface area contributed by atoms with E-state index in [0.29, 0.717) is 0 Å². The molecule has 0 aliphatic carbocycles. The van der Waals surface area contributed by atoms with Gasteiger partial charge in [0.15, 0.2) is 6.29 Å². The van der Waals surface area contributed by atoms with Gasteiger partial charge in [-0.2, -0.15) is 13.2 Å². The van der Waals surface area contributed by atoms with Crippen LogP contribution in [-0.4, -0.2) is 11.3 Å². The van der Waals surface area contributed by atoms with Crippen molar-refractivity contribution in [1.29, 1.82) is 0 Å². The van der Waals surface area contributed by atoms with Crippen LogP contribution in [0.1, 0.15) is 28.2 Å². The van der Waals surface area contributed by atoms with Gasteiger partial charge < -0.3 is 0 Å². The van der Waals surface area contributed by atoms with Crippen LogP contribution in [0, 0.1) is 0 Å². The Morgan fingerprint density at radius 3 is 2.31 bits per heavy atom. The molecule has 1 aromatic rings. The summed E-state index contributed by atoms with van der Waals surface area (Å²) in [5.41, 5.74) is -3.48. The monoisotopic (exact) mass is 259 g/mol. The summed E-state index contributed by atoms with van der Waals surface area (Å²) in [5.74, 6) is 0. The Morgan fingerprint density at radius 1 is 1.38 bits per heavy atom. The van der Waals surface area contributed by atoms with Crippen molar-refractivity contribution < 1.29 is 26.7 Å². The van der Waals surface area contributed by atoms with Crippen LogP contribution >= 0.6 is 11.6 Å². The van der Waals surface area contributed by atoms with E-state index < -0.39 is 34.6 Å². The number of carbonyl (C=O) groups excluding carboxylic acids is 1. The molecule has 0 amide bonds. The van der Waals surface area contributed by atoms with Gasteiger partial charge >= 0.3 is 6.18 Å². The zero-order valence-electron chi connectivity index (χ0n) is 7.36. The first-order chi connectivity index (χ1) is 7.27. The fourth-order valence-electron chi connectivity index (χ4n) is 0.993. The Bertz CT molecular complexity index is 418. The Labute approximate surface area is 91.0 Å². The highest BCUT2D eigenvalue weighted by molar-refractivity contribution is 6.31. The van der Waals surface area contributed by atoms with Crippen molar-refractivity contribution in [2.24, 2.45) is 0 Å². The van der Waals surface area contributed by atoms with Gasteiger partial charge in [0.1, 0.15) is 11.4 Å². The molecule has 0 spiro atoms. The lowest BCUT2D eigenvalue weighted by molar-refractivity contribution is -0.141. The number of aldehydes is 1. The summed E-state index contributed by atoms with van der Waals surface area (Å²) in [5, 5.41) is -0.834.